The van der Waals surface area contributed by atoms with Crippen LogP contribution < -0.4 is 5.32 Å². The zero-order chi connectivity index (χ0) is 15.9. The first kappa shape index (κ1) is 17.6. The molecule has 0 bridgehead atoms. The molecule has 0 heterocycles. The van der Waals surface area contributed by atoms with Gasteiger partial charge in [-0.2, -0.15) is 4.31 Å². The molecule has 0 unspecified atom stereocenters. The first-order chi connectivity index (χ1) is 9.84. The van der Waals surface area contributed by atoms with Crippen LogP contribution in [0.25, 0.3) is 0 Å². The van der Waals surface area contributed by atoms with E-state index >= 15 is 0 Å². The number of benzene rings is 1. The Hall–Kier alpha value is -1.44. The van der Waals surface area contributed by atoms with E-state index in [4.69, 9.17) is 4.74 Å². The van der Waals surface area contributed by atoms with Gasteiger partial charge >= 0.3 is 0 Å². The van der Waals surface area contributed by atoms with Crippen molar-refractivity contribution < 1.29 is 17.9 Å². The van der Waals surface area contributed by atoms with Crippen LogP contribution in [0.5, 0.6) is 0 Å². The smallest absolute Gasteiger partial charge is 0.251 e. The van der Waals surface area contributed by atoms with Crippen molar-refractivity contribution in [3.63, 3.8) is 0 Å². The maximum Gasteiger partial charge on any atom is 0.251 e. The maximum absolute atomic E-state index is 11.9. The summed E-state index contributed by atoms with van der Waals surface area (Å²) in [5.74, 6) is -0.209. The molecule has 0 radical (unpaired) electrons. The summed E-state index contributed by atoms with van der Waals surface area (Å²) >= 11 is 0. The van der Waals surface area contributed by atoms with Gasteiger partial charge in [-0.3, -0.25) is 4.79 Å². The molecule has 0 saturated carbocycles. The first-order valence-corrected chi connectivity index (χ1v) is 8.48. The number of amides is 1. The van der Waals surface area contributed by atoms with Crippen molar-refractivity contribution in [1.29, 1.82) is 0 Å². The van der Waals surface area contributed by atoms with Crippen LogP contribution in [0.15, 0.2) is 24.3 Å². The van der Waals surface area contributed by atoms with Gasteiger partial charge in [0.05, 0.1) is 12.9 Å². The third kappa shape index (κ3) is 6.24. The highest BCUT2D eigenvalue weighted by molar-refractivity contribution is 7.88. The standard InChI is InChI=1S/C14H22N2O4S/c1-12-5-4-6-13(11-12)14(17)15-7-8-16(9-10-20-2)21(3,18)19/h4-6,11H,7-10H2,1-3H3,(H,15,17). The number of carbonyl (C=O) groups is 1. The fraction of sp³-hybridized carbons (Fsp3) is 0.500. The molecule has 1 aromatic rings. The van der Waals surface area contributed by atoms with Gasteiger partial charge in [0.15, 0.2) is 0 Å². The Morgan fingerprint density at radius 3 is 2.62 bits per heavy atom. The van der Waals surface area contributed by atoms with Crippen LogP contribution >= 0.6 is 0 Å². The van der Waals surface area contributed by atoms with Crippen molar-refractivity contribution in [2.24, 2.45) is 0 Å². The number of hydrogen-bond acceptors (Lipinski definition) is 4. The number of carbonyl (C=O) groups excluding carboxylic acids is 1. The summed E-state index contributed by atoms with van der Waals surface area (Å²) in [6.45, 7) is 2.98. The predicted molar refractivity (Wildman–Crippen MR) is 81.8 cm³/mol. The number of aryl methyl sites for hydroxylation is 1. The van der Waals surface area contributed by atoms with E-state index in [0.29, 0.717) is 12.2 Å². The van der Waals surface area contributed by atoms with E-state index in [9.17, 15) is 13.2 Å². The van der Waals surface area contributed by atoms with Crippen LogP contribution in [-0.2, 0) is 14.8 Å². The summed E-state index contributed by atoms with van der Waals surface area (Å²) in [6.07, 6.45) is 1.14. The van der Waals surface area contributed by atoms with E-state index in [2.05, 4.69) is 5.32 Å². The highest BCUT2D eigenvalue weighted by Crippen LogP contribution is 2.03. The molecule has 0 fully saturated rings. The molecule has 7 heteroatoms. The Morgan fingerprint density at radius 1 is 1.33 bits per heavy atom. The quantitative estimate of drug-likeness (QED) is 0.764. The number of nitrogens with zero attached hydrogens (tertiary/aromatic N) is 1. The molecule has 0 atom stereocenters. The number of rotatable bonds is 8. The van der Waals surface area contributed by atoms with Gasteiger partial charge < -0.3 is 10.1 Å². The molecule has 6 nitrogen and oxygen atoms in total. The van der Waals surface area contributed by atoms with Gasteiger partial charge in [0.1, 0.15) is 0 Å². The topological polar surface area (TPSA) is 75.7 Å². The summed E-state index contributed by atoms with van der Waals surface area (Å²) in [6, 6.07) is 7.23. The van der Waals surface area contributed by atoms with Crippen LogP contribution in [0.1, 0.15) is 15.9 Å². The molecular formula is C14H22N2O4S. The summed E-state index contributed by atoms with van der Waals surface area (Å²) < 4.78 is 29.3. The van der Waals surface area contributed by atoms with Crippen molar-refractivity contribution in [3.8, 4) is 0 Å². The minimum atomic E-state index is -3.30. The molecule has 1 N–H and O–H groups in total. The Morgan fingerprint density at radius 2 is 2.05 bits per heavy atom. The van der Waals surface area contributed by atoms with Crippen LogP contribution in [-0.4, -0.2) is 58.2 Å². The second-order valence-corrected chi connectivity index (χ2v) is 6.76. The van der Waals surface area contributed by atoms with Crippen molar-refractivity contribution in [2.75, 3.05) is 39.6 Å². The van der Waals surface area contributed by atoms with Crippen LogP contribution in [0, 0.1) is 6.92 Å². The zero-order valence-electron chi connectivity index (χ0n) is 12.6. The Balaban J connectivity index is 2.52. The average Bonchev–Trinajstić information content (AvgIpc) is 2.41. The van der Waals surface area contributed by atoms with Gasteiger partial charge in [-0.05, 0) is 19.1 Å². The highest BCUT2D eigenvalue weighted by atomic mass is 32.2. The number of sulfonamides is 1. The monoisotopic (exact) mass is 314 g/mol. The van der Waals surface area contributed by atoms with Gasteiger partial charge in [0.2, 0.25) is 10.0 Å². The minimum Gasteiger partial charge on any atom is -0.383 e. The molecule has 1 aromatic carbocycles. The fourth-order valence-corrected chi connectivity index (χ4v) is 2.65. The number of methoxy groups -OCH3 is 1. The summed E-state index contributed by atoms with van der Waals surface area (Å²) in [7, 11) is -1.79. The molecule has 0 saturated heterocycles. The number of nitrogens with one attached hydrogen (secondary N) is 1. The molecule has 118 valence electrons. The van der Waals surface area contributed by atoms with Gasteiger partial charge in [-0.25, -0.2) is 8.42 Å². The SMILES string of the molecule is COCCN(CCNC(=O)c1cccc(C)c1)S(C)(=O)=O. The molecule has 0 aromatic heterocycles. The van der Waals surface area contributed by atoms with E-state index in [1.807, 2.05) is 19.1 Å². The predicted octanol–water partition coefficient (Wildman–Crippen LogP) is 0.633. The van der Waals surface area contributed by atoms with Crippen LogP contribution in [0.2, 0.25) is 0 Å². The van der Waals surface area contributed by atoms with Gasteiger partial charge in [-0.1, -0.05) is 17.7 Å². The molecule has 1 rings (SSSR count). The molecule has 0 aliphatic heterocycles. The lowest BCUT2D eigenvalue weighted by atomic mass is 10.1. The molecule has 0 aliphatic rings. The van der Waals surface area contributed by atoms with Crippen molar-refractivity contribution in [1.82, 2.24) is 9.62 Å². The second kappa shape index (κ2) is 8.11. The van der Waals surface area contributed by atoms with Gasteiger partial charge in [0, 0.05) is 32.3 Å². The number of ether oxygens (including phenoxy) is 1. The van der Waals surface area contributed by atoms with E-state index in [1.165, 1.54) is 11.4 Å². The van der Waals surface area contributed by atoms with E-state index in [0.717, 1.165) is 11.8 Å². The molecule has 1 amide bonds. The molecule has 0 aliphatic carbocycles. The largest absolute Gasteiger partial charge is 0.383 e. The second-order valence-electron chi connectivity index (χ2n) is 4.78. The lowest BCUT2D eigenvalue weighted by molar-refractivity contribution is 0.0950. The maximum atomic E-state index is 11.9. The lowest BCUT2D eigenvalue weighted by Crippen LogP contribution is -2.39. The van der Waals surface area contributed by atoms with Gasteiger partial charge in [0.25, 0.3) is 5.91 Å². The van der Waals surface area contributed by atoms with Crippen molar-refractivity contribution >= 4 is 15.9 Å². The van der Waals surface area contributed by atoms with E-state index in [1.54, 1.807) is 12.1 Å². The number of hydrogen-bond donors (Lipinski definition) is 1. The summed E-state index contributed by atoms with van der Waals surface area (Å²) in [4.78, 5) is 11.9. The third-order valence-electron chi connectivity index (χ3n) is 2.94. The first-order valence-electron chi connectivity index (χ1n) is 6.63. The minimum absolute atomic E-state index is 0.209. The Kier molecular flexibility index (Phi) is 6.80. The van der Waals surface area contributed by atoms with Gasteiger partial charge in [-0.15, -0.1) is 0 Å². The Bertz CT molecular complexity index is 572. The fourth-order valence-electron chi connectivity index (χ4n) is 1.82. The van der Waals surface area contributed by atoms with E-state index in [-0.39, 0.29) is 25.5 Å². The zero-order valence-corrected chi connectivity index (χ0v) is 13.4. The summed E-state index contributed by atoms with van der Waals surface area (Å²) in [5, 5.41) is 2.72. The van der Waals surface area contributed by atoms with Crippen molar-refractivity contribution in [3.05, 3.63) is 35.4 Å². The summed E-state index contributed by atoms with van der Waals surface area (Å²) in [5.41, 5.74) is 1.57. The average molecular weight is 314 g/mol. The van der Waals surface area contributed by atoms with Crippen LogP contribution in [0.3, 0.4) is 0 Å². The van der Waals surface area contributed by atoms with Crippen molar-refractivity contribution in [2.45, 2.75) is 6.92 Å². The highest BCUT2D eigenvalue weighted by Gasteiger charge is 2.16. The molecule has 21 heavy (non-hydrogen) atoms. The molecule has 0 spiro atoms. The lowest BCUT2D eigenvalue weighted by Gasteiger charge is -2.19. The normalized spacial score (nSPS) is 11.6. The van der Waals surface area contributed by atoms with Crippen LogP contribution in [0.4, 0.5) is 0 Å². The van der Waals surface area contributed by atoms with E-state index < -0.39 is 10.0 Å². The Labute approximate surface area is 126 Å². The third-order valence-corrected chi connectivity index (χ3v) is 4.24. The molecular weight excluding hydrogens is 292 g/mol.